The number of rotatable bonds is 4. The highest BCUT2D eigenvalue weighted by Gasteiger charge is 2.12. The number of halogens is 2. The van der Waals surface area contributed by atoms with Gasteiger partial charge in [0.05, 0.1) is 11.3 Å². The minimum Gasteiger partial charge on any atom is -0.444 e. The van der Waals surface area contributed by atoms with Crippen molar-refractivity contribution in [3.63, 3.8) is 0 Å². The van der Waals surface area contributed by atoms with E-state index in [0.717, 1.165) is 11.6 Å². The average molecular weight is 291 g/mol. The topological polar surface area (TPSA) is 55.4 Å². The molecule has 108 valence electrons. The Bertz CT molecular complexity index is 659. The zero-order chi connectivity index (χ0) is 15.2. The van der Waals surface area contributed by atoms with E-state index in [2.05, 4.69) is 5.32 Å². The molecule has 0 aliphatic rings. The second-order valence-corrected chi connectivity index (χ2v) is 4.16. The molecule has 0 saturated carbocycles. The lowest BCUT2D eigenvalue weighted by Gasteiger charge is -2.08. The number of nitrogens with one attached hydrogen (secondary N) is 1. The first kappa shape index (κ1) is 14.6. The first-order valence-electron chi connectivity index (χ1n) is 6.02. The summed E-state index contributed by atoms with van der Waals surface area (Å²) in [5.74, 6) is -1.85. The third kappa shape index (κ3) is 3.85. The predicted molar refractivity (Wildman–Crippen MR) is 72.0 cm³/mol. The largest absolute Gasteiger partial charge is 0.444 e. The summed E-state index contributed by atoms with van der Waals surface area (Å²) in [6, 6.07) is 10.3. The van der Waals surface area contributed by atoms with Crippen molar-refractivity contribution in [2.75, 3.05) is 5.32 Å². The Hall–Kier alpha value is -2.76. The summed E-state index contributed by atoms with van der Waals surface area (Å²) in [4.78, 5) is 22.0. The zero-order valence-corrected chi connectivity index (χ0v) is 10.8. The van der Waals surface area contributed by atoms with E-state index in [1.165, 1.54) is 0 Å². The minimum absolute atomic E-state index is 0.00317. The van der Waals surface area contributed by atoms with Crippen LogP contribution in [0.15, 0.2) is 42.5 Å². The quantitative estimate of drug-likeness (QED) is 0.877. The molecular weight excluding hydrogens is 280 g/mol. The lowest BCUT2D eigenvalue weighted by Crippen LogP contribution is -2.15. The van der Waals surface area contributed by atoms with Crippen LogP contribution in [0.1, 0.15) is 15.9 Å². The Balaban J connectivity index is 2.00. The van der Waals surface area contributed by atoms with Gasteiger partial charge in [-0.05, 0) is 11.6 Å². The van der Waals surface area contributed by atoms with E-state index < -0.39 is 29.0 Å². The van der Waals surface area contributed by atoms with Gasteiger partial charge in [-0.15, -0.1) is 0 Å². The molecule has 0 aliphatic carbocycles. The Kier molecular flexibility index (Phi) is 4.61. The second-order valence-electron chi connectivity index (χ2n) is 4.16. The van der Waals surface area contributed by atoms with Crippen LogP contribution in [0.4, 0.5) is 19.3 Å². The maximum Gasteiger partial charge on any atom is 0.412 e. The van der Waals surface area contributed by atoms with Crippen molar-refractivity contribution in [3.05, 3.63) is 65.2 Å². The van der Waals surface area contributed by atoms with Crippen molar-refractivity contribution in [2.45, 2.75) is 6.61 Å². The van der Waals surface area contributed by atoms with E-state index in [1.54, 1.807) is 24.3 Å². The molecule has 0 saturated heterocycles. The predicted octanol–water partition coefficient (Wildman–Crippen LogP) is 3.53. The van der Waals surface area contributed by atoms with E-state index in [0.29, 0.717) is 6.07 Å². The average Bonchev–Trinajstić information content (AvgIpc) is 2.49. The van der Waals surface area contributed by atoms with E-state index in [9.17, 15) is 18.4 Å². The van der Waals surface area contributed by atoms with Crippen LogP contribution in [0.25, 0.3) is 0 Å². The fourth-order valence-corrected chi connectivity index (χ4v) is 1.62. The Morgan fingerprint density at radius 3 is 2.52 bits per heavy atom. The molecule has 2 aromatic carbocycles. The molecule has 0 aromatic heterocycles. The maximum absolute atomic E-state index is 13.5. The number of anilines is 1. The number of hydrogen-bond donors (Lipinski definition) is 1. The summed E-state index contributed by atoms with van der Waals surface area (Å²) in [7, 11) is 0. The van der Waals surface area contributed by atoms with Crippen molar-refractivity contribution < 1.29 is 23.1 Å². The van der Waals surface area contributed by atoms with Crippen LogP contribution in [-0.2, 0) is 11.3 Å². The molecule has 0 bridgehead atoms. The molecule has 2 aromatic rings. The van der Waals surface area contributed by atoms with Gasteiger partial charge >= 0.3 is 6.09 Å². The first-order valence-corrected chi connectivity index (χ1v) is 6.02. The van der Waals surface area contributed by atoms with Crippen LogP contribution in [0.3, 0.4) is 0 Å². The number of aldehydes is 1. The van der Waals surface area contributed by atoms with Crippen LogP contribution in [0.5, 0.6) is 0 Å². The zero-order valence-electron chi connectivity index (χ0n) is 10.8. The lowest BCUT2D eigenvalue weighted by molar-refractivity contribution is 0.111. The number of ether oxygens (including phenoxy) is 1. The molecule has 2 rings (SSSR count). The van der Waals surface area contributed by atoms with Gasteiger partial charge in [0.2, 0.25) is 0 Å². The number of hydrogen-bond acceptors (Lipinski definition) is 3. The van der Waals surface area contributed by atoms with E-state index in [4.69, 9.17) is 4.74 Å². The Morgan fingerprint density at radius 1 is 1.14 bits per heavy atom. The Morgan fingerprint density at radius 2 is 1.86 bits per heavy atom. The van der Waals surface area contributed by atoms with E-state index >= 15 is 0 Å². The normalized spacial score (nSPS) is 10.0. The first-order chi connectivity index (χ1) is 10.1. The molecule has 0 atom stereocenters. The number of carbonyl (C=O) groups excluding carboxylic acids is 2. The third-order valence-electron chi connectivity index (χ3n) is 2.66. The lowest BCUT2D eigenvalue weighted by atomic mass is 10.2. The molecule has 0 fully saturated rings. The van der Waals surface area contributed by atoms with E-state index in [1.807, 2.05) is 6.07 Å². The van der Waals surface area contributed by atoms with Gasteiger partial charge in [0, 0.05) is 6.07 Å². The molecule has 0 unspecified atom stereocenters. The molecule has 0 heterocycles. The van der Waals surface area contributed by atoms with Crippen molar-refractivity contribution >= 4 is 18.1 Å². The van der Waals surface area contributed by atoms with Gasteiger partial charge in [0.15, 0.2) is 6.29 Å². The molecule has 1 amide bonds. The SMILES string of the molecule is O=Cc1cc(F)c(NC(=O)OCc2ccccc2)cc1F. The molecule has 21 heavy (non-hydrogen) atoms. The van der Waals surface area contributed by atoms with Crippen molar-refractivity contribution in [2.24, 2.45) is 0 Å². The summed E-state index contributed by atoms with van der Waals surface area (Å²) in [6.07, 6.45) is -0.730. The molecule has 0 radical (unpaired) electrons. The number of benzene rings is 2. The highest BCUT2D eigenvalue weighted by Crippen LogP contribution is 2.18. The molecule has 4 nitrogen and oxygen atoms in total. The van der Waals surface area contributed by atoms with Gasteiger partial charge in [0.25, 0.3) is 0 Å². The molecule has 0 spiro atoms. The molecule has 1 N–H and O–H groups in total. The Labute approximate surface area is 119 Å². The third-order valence-corrected chi connectivity index (χ3v) is 2.66. The monoisotopic (exact) mass is 291 g/mol. The van der Waals surface area contributed by atoms with Gasteiger partial charge in [-0.1, -0.05) is 30.3 Å². The number of carbonyl (C=O) groups is 2. The summed E-state index contributed by atoms with van der Waals surface area (Å²) in [5.41, 5.74) is -0.0533. The van der Waals surface area contributed by atoms with Crippen LogP contribution in [0, 0.1) is 11.6 Å². The van der Waals surface area contributed by atoms with Crippen LogP contribution < -0.4 is 5.32 Å². The highest BCUT2D eigenvalue weighted by molar-refractivity contribution is 5.86. The second kappa shape index (κ2) is 6.60. The van der Waals surface area contributed by atoms with Gasteiger partial charge in [0.1, 0.15) is 18.2 Å². The summed E-state index contributed by atoms with van der Waals surface area (Å²) >= 11 is 0. The van der Waals surface area contributed by atoms with Crippen LogP contribution >= 0.6 is 0 Å². The van der Waals surface area contributed by atoms with Gasteiger partial charge in [-0.3, -0.25) is 10.1 Å². The van der Waals surface area contributed by atoms with Gasteiger partial charge in [-0.2, -0.15) is 0 Å². The van der Waals surface area contributed by atoms with Crippen molar-refractivity contribution in [3.8, 4) is 0 Å². The smallest absolute Gasteiger partial charge is 0.412 e. The van der Waals surface area contributed by atoms with Crippen molar-refractivity contribution in [1.29, 1.82) is 0 Å². The molecular formula is C15H11F2NO3. The standard InChI is InChI=1S/C15H11F2NO3/c16-12-7-14(13(17)6-11(12)8-19)18-15(20)21-9-10-4-2-1-3-5-10/h1-8H,9H2,(H,18,20). The number of amides is 1. The minimum atomic E-state index is -0.926. The van der Waals surface area contributed by atoms with Crippen molar-refractivity contribution in [1.82, 2.24) is 0 Å². The molecule has 0 aliphatic heterocycles. The summed E-state index contributed by atoms with van der Waals surface area (Å²) in [6.45, 7) is 0.00317. The van der Waals surface area contributed by atoms with Crippen LogP contribution in [-0.4, -0.2) is 12.4 Å². The maximum atomic E-state index is 13.5. The van der Waals surface area contributed by atoms with Gasteiger partial charge in [-0.25, -0.2) is 13.6 Å². The summed E-state index contributed by atoms with van der Waals surface area (Å²) < 4.78 is 31.8. The fourth-order valence-electron chi connectivity index (χ4n) is 1.62. The van der Waals surface area contributed by atoms with Gasteiger partial charge < -0.3 is 4.74 Å². The highest BCUT2D eigenvalue weighted by atomic mass is 19.1. The summed E-state index contributed by atoms with van der Waals surface area (Å²) in [5, 5.41) is 2.08. The molecule has 6 heteroatoms. The van der Waals surface area contributed by atoms with E-state index in [-0.39, 0.29) is 12.9 Å². The fraction of sp³-hybridized carbons (Fsp3) is 0.0667. The van der Waals surface area contributed by atoms with Crippen LogP contribution in [0.2, 0.25) is 0 Å².